The minimum Gasteiger partial charge on any atom is -0.507 e. The average molecular weight is 317 g/mol. The molecule has 1 amide bonds. The molecule has 4 nitrogen and oxygen atoms in total. The van der Waals surface area contributed by atoms with E-state index < -0.39 is 0 Å². The predicted octanol–water partition coefficient (Wildman–Crippen LogP) is 3.76. The Hall–Kier alpha value is -2.33. The number of hydrazone groups is 1. The number of nitrogens with one attached hydrogen (secondary N) is 1. The van der Waals surface area contributed by atoms with Crippen molar-refractivity contribution in [2.75, 3.05) is 0 Å². The lowest BCUT2D eigenvalue weighted by Crippen LogP contribution is -2.19. The van der Waals surface area contributed by atoms with Gasteiger partial charge in [0.25, 0.3) is 5.91 Å². The lowest BCUT2D eigenvalue weighted by molar-refractivity contribution is 0.0955. The van der Waals surface area contributed by atoms with Gasteiger partial charge in [-0.2, -0.15) is 5.10 Å². The van der Waals surface area contributed by atoms with Gasteiger partial charge in [-0.05, 0) is 49.2 Å². The van der Waals surface area contributed by atoms with Gasteiger partial charge >= 0.3 is 0 Å². The maximum Gasteiger partial charge on any atom is 0.271 e. The number of rotatable bonds is 4. The molecule has 22 heavy (non-hydrogen) atoms. The highest BCUT2D eigenvalue weighted by Crippen LogP contribution is 2.22. The molecule has 2 rings (SSSR count). The van der Waals surface area contributed by atoms with Crippen molar-refractivity contribution in [1.29, 1.82) is 0 Å². The molecule has 0 bridgehead atoms. The van der Waals surface area contributed by atoms with Crippen LogP contribution in [0.5, 0.6) is 5.75 Å². The molecule has 0 aliphatic carbocycles. The molecular formula is C17H17ClN2O2. The van der Waals surface area contributed by atoms with E-state index in [4.69, 9.17) is 11.6 Å². The minimum atomic E-state index is -0.302. The number of aryl methyl sites for hydroxylation is 1. The van der Waals surface area contributed by atoms with E-state index in [2.05, 4.69) is 17.5 Å². The third-order valence-corrected chi connectivity index (χ3v) is 3.53. The van der Waals surface area contributed by atoms with Crippen molar-refractivity contribution in [2.24, 2.45) is 5.10 Å². The summed E-state index contributed by atoms with van der Waals surface area (Å²) in [6.07, 6.45) is 0.924. The van der Waals surface area contributed by atoms with Gasteiger partial charge in [-0.25, -0.2) is 5.43 Å². The molecule has 0 heterocycles. The molecule has 2 aromatic carbocycles. The Labute approximate surface area is 134 Å². The lowest BCUT2D eigenvalue weighted by Gasteiger charge is -2.06. The third-order valence-electron chi connectivity index (χ3n) is 3.30. The van der Waals surface area contributed by atoms with Crippen LogP contribution in [-0.2, 0) is 6.42 Å². The summed E-state index contributed by atoms with van der Waals surface area (Å²) in [6, 6.07) is 12.0. The predicted molar refractivity (Wildman–Crippen MR) is 88.6 cm³/mol. The second-order valence-corrected chi connectivity index (χ2v) is 5.29. The fourth-order valence-electron chi connectivity index (χ4n) is 1.95. The van der Waals surface area contributed by atoms with E-state index in [0.29, 0.717) is 21.9 Å². The molecule has 0 aliphatic heterocycles. The summed E-state index contributed by atoms with van der Waals surface area (Å²) in [7, 11) is 0. The van der Waals surface area contributed by atoms with Crippen LogP contribution in [0.3, 0.4) is 0 Å². The van der Waals surface area contributed by atoms with Crippen LogP contribution in [0.1, 0.15) is 35.3 Å². The smallest absolute Gasteiger partial charge is 0.271 e. The number of amides is 1. The number of halogens is 1. The molecule has 0 spiro atoms. The van der Waals surface area contributed by atoms with E-state index in [1.807, 2.05) is 12.1 Å². The first-order valence-corrected chi connectivity index (χ1v) is 7.31. The maximum atomic E-state index is 12.0. The van der Waals surface area contributed by atoms with Crippen molar-refractivity contribution in [2.45, 2.75) is 20.3 Å². The number of carbonyl (C=O) groups is 1. The van der Waals surface area contributed by atoms with Gasteiger partial charge in [0.05, 0.1) is 5.71 Å². The van der Waals surface area contributed by atoms with Crippen molar-refractivity contribution >= 4 is 23.2 Å². The maximum absolute atomic E-state index is 12.0. The Morgan fingerprint density at radius 2 is 1.91 bits per heavy atom. The molecule has 2 aromatic rings. The fraction of sp³-hybridized carbons (Fsp3) is 0.176. The quantitative estimate of drug-likeness (QED) is 0.666. The Morgan fingerprint density at radius 1 is 1.23 bits per heavy atom. The van der Waals surface area contributed by atoms with Crippen LogP contribution in [0.2, 0.25) is 5.02 Å². The van der Waals surface area contributed by atoms with Crippen LogP contribution >= 0.6 is 11.6 Å². The first-order chi connectivity index (χ1) is 10.5. The van der Waals surface area contributed by atoms with Gasteiger partial charge in [0.1, 0.15) is 5.75 Å². The van der Waals surface area contributed by atoms with Crippen LogP contribution in [0.15, 0.2) is 47.6 Å². The van der Waals surface area contributed by atoms with Gasteiger partial charge in [-0.3, -0.25) is 4.79 Å². The number of phenolic OH excluding ortho intramolecular Hbond substituents is 1. The summed E-state index contributed by atoms with van der Waals surface area (Å²) in [4.78, 5) is 12.0. The van der Waals surface area contributed by atoms with Gasteiger partial charge in [-0.15, -0.1) is 0 Å². The van der Waals surface area contributed by atoms with E-state index in [1.165, 1.54) is 11.6 Å². The summed E-state index contributed by atoms with van der Waals surface area (Å²) in [5.74, 6) is -0.240. The number of nitrogens with zero attached hydrogens (tertiary/aromatic N) is 1. The monoisotopic (exact) mass is 316 g/mol. The van der Waals surface area contributed by atoms with E-state index in [9.17, 15) is 9.90 Å². The number of phenols is 1. The molecule has 0 unspecified atom stereocenters. The Bertz CT molecular complexity index is 709. The van der Waals surface area contributed by atoms with E-state index >= 15 is 0 Å². The molecule has 0 saturated heterocycles. The Morgan fingerprint density at radius 3 is 2.55 bits per heavy atom. The van der Waals surface area contributed by atoms with Crippen LogP contribution in [0.4, 0.5) is 0 Å². The zero-order chi connectivity index (χ0) is 16.1. The van der Waals surface area contributed by atoms with Gasteiger partial charge in [0.15, 0.2) is 0 Å². The van der Waals surface area contributed by atoms with Crippen molar-refractivity contribution in [3.63, 3.8) is 0 Å². The van der Waals surface area contributed by atoms with Gasteiger partial charge < -0.3 is 5.11 Å². The number of hydrogen-bond donors (Lipinski definition) is 2. The zero-order valence-electron chi connectivity index (χ0n) is 12.4. The molecule has 0 radical (unpaired) electrons. The highest BCUT2D eigenvalue weighted by molar-refractivity contribution is 6.31. The molecule has 0 aliphatic rings. The normalized spacial score (nSPS) is 11.3. The number of benzene rings is 2. The summed E-state index contributed by atoms with van der Waals surface area (Å²) in [5, 5.41) is 14.3. The molecule has 2 N–H and O–H groups in total. The first-order valence-electron chi connectivity index (χ1n) is 6.93. The van der Waals surface area contributed by atoms with Crippen LogP contribution < -0.4 is 5.43 Å². The standard InChI is InChI=1S/C17H17ClN2O2/c1-3-12-4-6-13(7-5-12)17(22)20-19-11(2)15-10-14(18)8-9-16(15)21/h4-10,21H,3H2,1-2H3,(H,20,22)/b19-11+. The van der Waals surface area contributed by atoms with Gasteiger partial charge in [0.2, 0.25) is 0 Å². The summed E-state index contributed by atoms with van der Waals surface area (Å²) < 4.78 is 0. The van der Waals surface area contributed by atoms with Crippen molar-refractivity contribution < 1.29 is 9.90 Å². The largest absolute Gasteiger partial charge is 0.507 e. The molecule has 0 atom stereocenters. The second-order valence-electron chi connectivity index (χ2n) is 4.85. The number of hydrogen-bond acceptors (Lipinski definition) is 3. The zero-order valence-corrected chi connectivity index (χ0v) is 13.2. The second kappa shape index (κ2) is 7.09. The van der Waals surface area contributed by atoms with E-state index in [-0.39, 0.29) is 11.7 Å². The highest BCUT2D eigenvalue weighted by Gasteiger charge is 2.08. The molecule has 0 saturated carbocycles. The molecule has 0 fully saturated rings. The third kappa shape index (κ3) is 3.86. The molecule has 5 heteroatoms. The van der Waals surface area contributed by atoms with Gasteiger partial charge in [0, 0.05) is 16.1 Å². The summed E-state index contributed by atoms with van der Waals surface area (Å²) in [5.41, 5.74) is 5.13. The van der Waals surface area contributed by atoms with Crippen molar-refractivity contribution in [3.05, 3.63) is 64.2 Å². The molecular weight excluding hydrogens is 300 g/mol. The van der Waals surface area contributed by atoms with Crippen LogP contribution in [-0.4, -0.2) is 16.7 Å². The summed E-state index contributed by atoms with van der Waals surface area (Å²) in [6.45, 7) is 3.74. The lowest BCUT2D eigenvalue weighted by atomic mass is 10.1. The van der Waals surface area contributed by atoms with Crippen LogP contribution in [0, 0.1) is 0 Å². The minimum absolute atomic E-state index is 0.0622. The fourth-order valence-corrected chi connectivity index (χ4v) is 2.12. The SMILES string of the molecule is CCc1ccc(C(=O)N/N=C(\C)c2cc(Cl)ccc2O)cc1. The first kappa shape index (κ1) is 16.0. The van der Waals surface area contributed by atoms with Gasteiger partial charge in [-0.1, -0.05) is 30.7 Å². The molecule has 0 aromatic heterocycles. The average Bonchev–Trinajstić information content (AvgIpc) is 2.54. The van der Waals surface area contributed by atoms with Crippen LogP contribution in [0.25, 0.3) is 0 Å². The summed E-state index contributed by atoms with van der Waals surface area (Å²) >= 11 is 5.89. The Kier molecular flexibility index (Phi) is 5.17. The van der Waals surface area contributed by atoms with Crippen molar-refractivity contribution in [1.82, 2.24) is 5.43 Å². The number of carbonyl (C=O) groups excluding carboxylic acids is 1. The topological polar surface area (TPSA) is 61.7 Å². The Balaban J connectivity index is 2.12. The van der Waals surface area contributed by atoms with E-state index in [0.717, 1.165) is 6.42 Å². The highest BCUT2D eigenvalue weighted by atomic mass is 35.5. The number of aromatic hydroxyl groups is 1. The molecule has 114 valence electrons. The van der Waals surface area contributed by atoms with E-state index in [1.54, 1.807) is 31.2 Å². The van der Waals surface area contributed by atoms with Crippen molar-refractivity contribution in [3.8, 4) is 5.75 Å².